The number of rotatable bonds is 5. The van der Waals surface area contributed by atoms with Crippen LogP contribution < -0.4 is 5.32 Å². The fourth-order valence-electron chi connectivity index (χ4n) is 3.76. The van der Waals surface area contributed by atoms with E-state index >= 15 is 0 Å². The summed E-state index contributed by atoms with van der Waals surface area (Å²) in [5.74, 6) is 1.28. The average Bonchev–Trinajstić information content (AvgIpc) is 3.37. The van der Waals surface area contributed by atoms with E-state index in [1.165, 1.54) is 6.42 Å². The molecule has 30 heavy (non-hydrogen) atoms. The number of hydrogen-bond donors (Lipinski definition) is 2. The minimum atomic E-state index is -0.0561. The second kappa shape index (κ2) is 7.63. The number of aromatic amines is 1. The van der Waals surface area contributed by atoms with Crippen LogP contribution >= 0.6 is 0 Å². The third-order valence-electron chi connectivity index (χ3n) is 5.61. The molecule has 0 saturated heterocycles. The van der Waals surface area contributed by atoms with Gasteiger partial charge < -0.3 is 14.8 Å². The lowest BCUT2D eigenvalue weighted by atomic mass is 9.92. The fourth-order valence-corrected chi connectivity index (χ4v) is 3.76. The van der Waals surface area contributed by atoms with Crippen molar-refractivity contribution in [2.24, 2.45) is 0 Å². The van der Waals surface area contributed by atoms with Gasteiger partial charge in [0.1, 0.15) is 17.3 Å². The summed E-state index contributed by atoms with van der Waals surface area (Å²) < 4.78 is 5.48. The first-order valence-electron chi connectivity index (χ1n) is 10.2. The molecule has 1 amide bonds. The van der Waals surface area contributed by atoms with Gasteiger partial charge in [0, 0.05) is 23.4 Å². The van der Waals surface area contributed by atoms with E-state index in [4.69, 9.17) is 9.51 Å². The highest BCUT2D eigenvalue weighted by atomic mass is 16.5. The number of carbonyl (C=O) groups excluding carboxylic acids is 1. The molecule has 0 unspecified atom stereocenters. The number of H-pyrrole nitrogens is 1. The molecule has 0 spiro atoms. The first-order chi connectivity index (χ1) is 14.7. The van der Waals surface area contributed by atoms with E-state index in [0.717, 1.165) is 40.9 Å². The van der Waals surface area contributed by atoms with E-state index < -0.39 is 0 Å². The number of nitrogens with one attached hydrogen (secondary N) is 2. The Morgan fingerprint density at radius 2 is 1.87 bits per heavy atom. The predicted octanol–water partition coefficient (Wildman–Crippen LogP) is 4.99. The largest absolute Gasteiger partial charge is 0.360 e. The highest BCUT2D eigenvalue weighted by Gasteiger charge is 2.23. The summed E-state index contributed by atoms with van der Waals surface area (Å²) in [5, 5.41) is 7.36. The molecule has 150 valence electrons. The number of carbonyl (C=O) groups is 1. The number of imidazole rings is 1. The number of amides is 1. The molecule has 1 aliphatic carbocycles. The third-order valence-corrected chi connectivity index (χ3v) is 5.61. The highest BCUT2D eigenvalue weighted by molar-refractivity contribution is 6.00. The summed E-state index contributed by atoms with van der Waals surface area (Å²) in [5.41, 5.74) is 4.69. The molecule has 1 saturated carbocycles. The summed E-state index contributed by atoms with van der Waals surface area (Å²) in [6.45, 7) is 1.88. The van der Waals surface area contributed by atoms with E-state index in [1.54, 1.807) is 0 Å². The van der Waals surface area contributed by atoms with Gasteiger partial charge in [0.05, 0.1) is 16.8 Å². The van der Waals surface area contributed by atoms with Crippen molar-refractivity contribution in [3.05, 3.63) is 72.1 Å². The fraction of sp³-hybridized carbons (Fsp3) is 0.208. The Balaban J connectivity index is 1.51. The first-order valence-corrected chi connectivity index (χ1v) is 10.2. The molecular weight excluding hydrogens is 376 g/mol. The zero-order chi connectivity index (χ0) is 20.5. The van der Waals surface area contributed by atoms with Gasteiger partial charge >= 0.3 is 0 Å². The molecule has 2 aromatic carbocycles. The van der Waals surface area contributed by atoms with E-state index in [9.17, 15) is 4.79 Å². The van der Waals surface area contributed by atoms with Crippen LogP contribution in [0.25, 0.3) is 33.9 Å². The smallest absolute Gasteiger partial charge is 0.252 e. The molecule has 0 radical (unpaired) electrons. The van der Waals surface area contributed by atoms with E-state index in [1.807, 2.05) is 67.7 Å². The maximum Gasteiger partial charge on any atom is 0.252 e. The zero-order valence-corrected chi connectivity index (χ0v) is 16.7. The van der Waals surface area contributed by atoms with Gasteiger partial charge in [0.2, 0.25) is 0 Å². The topological polar surface area (TPSA) is 83.8 Å². The summed E-state index contributed by atoms with van der Waals surface area (Å²) in [6, 6.07) is 17.7. The lowest BCUT2D eigenvalue weighted by molar-refractivity contribution is 0.0917. The molecule has 5 rings (SSSR count). The van der Waals surface area contributed by atoms with Crippen LogP contribution in [0.1, 0.15) is 35.4 Å². The van der Waals surface area contributed by atoms with Gasteiger partial charge in [0.25, 0.3) is 5.91 Å². The van der Waals surface area contributed by atoms with E-state index in [-0.39, 0.29) is 11.9 Å². The molecule has 0 bridgehead atoms. The van der Waals surface area contributed by atoms with Crippen molar-refractivity contribution in [3.63, 3.8) is 0 Å². The lowest BCUT2D eigenvalue weighted by Crippen LogP contribution is -2.39. The minimum absolute atomic E-state index is 0.0561. The first kappa shape index (κ1) is 18.4. The van der Waals surface area contributed by atoms with Crippen molar-refractivity contribution in [1.29, 1.82) is 0 Å². The van der Waals surface area contributed by atoms with E-state index in [2.05, 4.69) is 15.5 Å². The molecule has 2 N–H and O–H groups in total. The molecule has 0 atom stereocenters. The molecule has 1 aliphatic rings. The van der Waals surface area contributed by atoms with Crippen molar-refractivity contribution in [2.45, 2.75) is 32.2 Å². The Hall–Kier alpha value is -3.67. The van der Waals surface area contributed by atoms with E-state index in [0.29, 0.717) is 17.1 Å². The van der Waals surface area contributed by atoms with Crippen molar-refractivity contribution in [3.8, 4) is 33.9 Å². The molecular formula is C24H22N4O2. The lowest BCUT2D eigenvalue weighted by Gasteiger charge is -2.26. The van der Waals surface area contributed by atoms with Gasteiger partial charge in [0.15, 0.2) is 0 Å². The van der Waals surface area contributed by atoms with Gasteiger partial charge in [-0.2, -0.15) is 0 Å². The quantitative estimate of drug-likeness (QED) is 0.496. The number of benzene rings is 2. The Morgan fingerprint density at radius 1 is 1.10 bits per heavy atom. The average molecular weight is 398 g/mol. The van der Waals surface area contributed by atoms with Crippen molar-refractivity contribution >= 4 is 5.91 Å². The van der Waals surface area contributed by atoms with Gasteiger partial charge in [-0.25, -0.2) is 4.98 Å². The second-order valence-corrected chi connectivity index (χ2v) is 7.61. The van der Waals surface area contributed by atoms with Crippen molar-refractivity contribution < 1.29 is 9.32 Å². The SMILES string of the molecule is Cc1onc(-c2ccccc2)c1-c1c[nH]c(-c2ccccc2C(=O)NC2CCC2)n1. The van der Waals surface area contributed by atoms with Crippen molar-refractivity contribution in [1.82, 2.24) is 20.4 Å². The summed E-state index contributed by atoms with van der Waals surface area (Å²) in [6.07, 6.45) is 5.11. The van der Waals surface area contributed by atoms with Crippen molar-refractivity contribution in [2.75, 3.05) is 0 Å². The summed E-state index contributed by atoms with van der Waals surface area (Å²) in [7, 11) is 0. The number of aromatic nitrogens is 3. The van der Waals surface area contributed by atoms with Crippen LogP contribution in [-0.4, -0.2) is 27.1 Å². The molecule has 2 heterocycles. The Labute approximate surface area is 174 Å². The number of nitrogens with zero attached hydrogens (tertiary/aromatic N) is 2. The van der Waals surface area contributed by atoms with Crippen LogP contribution in [0, 0.1) is 6.92 Å². The monoisotopic (exact) mass is 398 g/mol. The van der Waals surface area contributed by atoms with Gasteiger partial charge in [-0.1, -0.05) is 53.7 Å². The highest BCUT2D eigenvalue weighted by Crippen LogP contribution is 2.34. The van der Waals surface area contributed by atoms with Crippen LogP contribution in [0.4, 0.5) is 0 Å². The van der Waals surface area contributed by atoms with Gasteiger partial charge in [-0.05, 0) is 32.3 Å². The number of aryl methyl sites for hydroxylation is 1. The van der Waals surface area contributed by atoms with Crippen LogP contribution in [0.15, 0.2) is 65.3 Å². The predicted molar refractivity (Wildman–Crippen MR) is 115 cm³/mol. The number of hydrogen-bond acceptors (Lipinski definition) is 4. The van der Waals surface area contributed by atoms with Crippen LogP contribution in [0.2, 0.25) is 0 Å². The third kappa shape index (κ3) is 3.30. The normalized spacial score (nSPS) is 13.8. The summed E-state index contributed by atoms with van der Waals surface area (Å²) >= 11 is 0. The minimum Gasteiger partial charge on any atom is -0.360 e. The van der Waals surface area contributed by atoms with Crippen LogP contribution in [-0.2, 0) is 0 Å². The van der Waals surface area contributed by atoms with Gasteiger partial charge in [-0.3, -0.25) is 4.79 Å². The maximum atomic E-state index is 12.8. The summed E-state index contributed by atoms with van der Waals surface area (Å²) in [4.78, 5) is 20.8. The molecule has 4 aromatic rings. The molecule has 1 fully saturated rings. The Bertz CT molecular complexity index is 1190. The molecule has 6 nitrogen and oxygen atoms in total. The maximum absolute atomic E-state index is 12.8. The van der Waals surface area contributed by atoms with Gasteiger partial charge in [-0.15, -0.1) is 0 Å². The van der Waals surface area contributed by atoms with Crippen LogP contribution in [0.5, 0.6) is 0 Å². The molecule has 2 aromatic heterocycles. The van der Waals surface area contributed by atoms with Crippen LogP contribution in [0.3, 0.4) is 0 Å². The Morgan fingerprint density at radius 3 is 2.63 bits per heavy atom. The molecule has 0 aliphatic heterocycles. The second-order valence-electron chi connectivity index (χ2n) is 7.61. The zero-order valence-electron chi connectivity index (χ0n) is 16.7. The molecule has 6 heteroatoms. The Kier molecular flexibility index (Phi) is 4.67. The standard InChI is InChI=1S/C24H22N4O2/c1-15-21(22(28-30-15)16-8-3-2-4-9-16)20-14-25-23(27-20)18-12-5-6-13-19(18)24(29)26-17-10-7-11-17/h2-6,8-9,12-14,17H,7,10-11H2,1H3,(H,25,27)(H,26,29).